The van der Waals surface area contributed by atoms with Gasteiger partial charge >= 0.3 is 0 Å². The molecule has 0 radical (unpaired) electrons. The van der Waals surface area contributed by atoms with Crippen LogP contribution in [0, 0.1) is 5.92 Å². The third-order valence-corrected chi connectivity index (χ3v) is 5.30. The molecule has 6 heteroatoms. The predicted molar refractivity (Wildman–Crippen MR) is 110 cm³/mol. The van der Waals surface area contributed by atoms with Gasteiger partial charge in [-0.15, -0.1) is 0 Å². The highest BCUT2D eigenvalue weighted by Crippen LogP contribution is 2.34. The van der Waals surface area contributed by atoms with Crippen LogP contribution in [-0.4, -0.2) is 37.9 Å². The Labute approximate surface area is 167 Å². The monoisotopic (exact) mass is 384 g/mol. The Kier molecular flexibility index (Phi) is 6.50. The van der Waals surface area contributed by atoms with Gasteiger partial charge in [-0.05, 0) is 39.0 Å². The van der Waals surface area contributed by atoms with E-state index in [1.807, 2.05) is 48.9 Å². The number of nitrogens with zero attached hydrogens (tertiary/aromatic N) is 3. The number of benzene rings is 1. The lowest BCUT2D eigenvalue weighted by atomic mass is 9.83. The molecule has 0 saturated heterocycles. The minimum atomic E-state index is -0.503. The standard InChI is InChI=1S/C22H32N4O2/c1-14(2)12-20(28)23-18-13-17(10-11-19(18)27)22-24-21(25-26(22)15(3)4)16-8-6-5-7-9-16/h5-9,14-15,17-19,27H,10-13H2,1-4H3,(H,23,28)/t17-,18+,19+/m0/s1. The number of aliphatic hydroxyl groups excluding tert-OH is 1. The predicted octanol–water partition coefficient (Wildman–Crippen LogP) is 3.69. The molecule has 1 saturated carbocycles. The summed E-state index contributed by atoms with van der Waals surface area (Å²) in [4.78, 5) is 17.1. The first-order chi connectivity index (χ1) is 13.3. The summed E-state index contributed by atoms with van der Waals surface area (Å²) in [6.45, 7) is 8.25. The minimum absolute atomic E-state index is 0.00926. The van der Waals surface area contributed by atoms with Crippen LogP contribution in [0.5, 0.6) is 0 Å². The van der Waals surface area contributed by atoms with Crippen molar-refractivity contribution < 1.29 is 9.90 Å². The number of hydrogen-bond donors (Lipinski definition) is 2. The van der Waals surface area contributed by atoms with Crippen molar-refractivity contribution in [2.75, 3.05) is 0 Å². The van der Waals surface area contributed by atoms with Gasteiger partial charge in [0.2, 0.25) is 5.91 Å². The van der Waals surface area contributed by atoms with Crippen LogP contribution < -0.4 is 5.32 Å². The van der Waals surface area contributed by atoms with Crippen LogP contribution in [0.25, 0.3) is 11.4 Å². The fourth-order valence-electron chi connectivity index (χ4n) is 3.88. The van der Waals surface area contributed by atoms with Crippen LogP contribution in [0.3, 0.4) is 0 Å². The lowest BCUT2D eigenvalue weighted by molar-refractivity contribution is -0.123. The zero-order chi connectivity index (χ0) is 20.3. The number of carbonyl (C=O) groups is 1. The highest BCUT2D eigenvalue weighted by atomic mass is 16.3. The number of rotatable bonds is 6. The zero-order valence-electron chi connectivity index (χ0n) is 17.3. The molecule has 0 spiro atoms. The summed E-state index contributed by atoms with van der Waals surface area (Å²) in [7, 11) is 0. The van der Waals surface area contributed by atoms with Crippen molar-refractivity contribution in [3.63, 3.8) is 0 Å². The summed E-state index contributed by atoms with van der Waals surface area (Å²) >= 11 is 0. The number of aliphatic hydroxyl groups is 1. The Morgan fingerprint density at radius 1 is 1.21 bits per heavy atom. The normalized spacial score (nSPS) is 22.6. The molecule has 6 nitrogen and oxygen atoms in total. The summed E-state index contributed by atoms with van der Waals surface area (Å²) in [5, 5.41) is 18.2. The number of nitrogens with one attached hydrogen (secondary N) is 1. The van der Waals surface area contributed by atoms with Gasteiger partial charge in [0.25, 0.3) is 0 Å². The fourth-order valence-corrected chi connectivity index (χ4v) is 3.88. The highest BCUT2D eigenvalue weighted by Gasteiger charge is 2.34. The second kappa shape index (κ2) is 8.86. The third kappa shape index (κ3) is 4.79. The first kappa shape index (κ1) is 20.5. The summed E-state index contributed by atoms with van der Waals surface area (Å²) in [6, 6.07) is 9.96. The molecule has 3 atom stereocenters. The first-order valence-corrected chi connectivity index (χ1v) is 10.3. The Balaban J connectivity index is 1.82. The van der Waals surface area contributed by atoms with Crippen LogP contribution in [0.2, 0.25) is 0 Å². The molecule has 1 aliphatic carbocycles. The van der Waals surface area contributed by atoms with E-state index in [4.69, 9.17) is 10.1 Å². The van der Waals surface area contributed by atoms with Gasteiger partial charge in [-0.2, -0.15) is 5.10 Å². The van der Waals surface area contributed by atoms with Crippen molar-refractivity contribution >= 4 is 5.91 Å². The molecule has 1 fully saturated rings. The lowest BCUT2D eigenvalue weighted by Crippen LogP contribution is -2.47. The highest BCUT2D eigenvalue weighted by molar-refractivity contribution is 5.76. The Hall–Kier alpha value is -2.21. The molecule has 2 aromatic rings. The van der Waals surface area contributed by atoms with Gasteiger partial charge in [0.05, 0.1) is 12.1 Å². The number of amides is 1. The SMILES string of the molecule is CC(C)CC(=O)N[C@@H]1C[C@@H](c2nc(-c3ccccc3)nn2C(C)C)CC[C@H]1O. The molecule has 28 heavy (non-hydrogen) atoms. The van der Waals surface area contributed by atoms with Crippen molar-refractivity contribution in [1.29, 1.82) is 0 Å². The molecule has 1 amide bonds. The summed E-state index contributed by atoms with van der Waals surface area (Å²) in [5.41, 5.74) is 1.00. The van der Waals surface area contributed by atoms with Crippen molar-refractivity contribution in [3.05, 3.63) is 36.2 Å². The van der Waals surface area contributed by atoms with Crippen LogP contribution in [0.15, 0.2) is 30.3 Å². The first-order valence-electron chi connectivity index (χ1n) is 10.3. The smallest absolute Gasteiger partial charge is 0.220 e. The number of aromatic nitrogens is 3. The molecule has 1 aromatic heterocycles. The topological polar surface area (TPSA) is 80.0 Å². The van der Waals surface area contributed by atoms with Crippen molar-refractivity contribution in [2.24, 2.45) is 5.92 Å². The van der Waals surface area contributed by atoms with Crippen molar-refractivity contribution in [2.45, 2.75) is 77.5 Å². The molecule has 0 aliphatic heterocycles. The molecular formula is C22H32N4O2. The molecule has 1 aliphatic rings. The van der Waals surface area contributed by atoms with E-state index in [9.17, 15) is 9.90 Å². The van der Waals surface area contributed by atoms with Gasteiger partial charge in [-0.1, -0.05) is 44.2 Å². The molecule has 0 bridgehead atoms. The van der Waals surface area contributed by atoms with E-state index < -0.39 is 6.10 Å². The van der Waals surface area contributed by atoms with E-state index >= 15 is 0 Å². The summed E-state index contributed by atoms with van der Waals surface area (Å²) in [5.74, 6) is 2.16. The largest absolute Gasteiger partial charge is 0.391 e. The maximum Gasteiger partial charge on any atom is 0.220 e. The summed E-state index contributed by atoms with van der Waals surface area (Å²) in [6.07, 6.45) is 2.16. The van der Waals surface area contributed by atoms with Gasteiger partial charge in [0, 0.05) is 23.9 Å². The number of hydrogen-bond acceptors (Lipinski definition) is 4. The van der Waals surface area contributed by atoms with E-state index in [1.54, 1.807) is 0 Å². The second-order valence-electron chi connectivity index (χ2n) is 8.55. The number of carbonyl (C=O) groups excluding carboxylic acids is 1. The zero-order valence-corrected chi connectivity index (χ0v) is 17.3. The summed E-state index contributed by atoms with van der Waals surface area (Å²) < 4.78 is 2.00. The van der Waals surface area contributed by atoms with E-state index in [0.29, 0.717) is 25.2 Å². The molecule has 1 aromatic carbocycles. The lowest BCUT2D eigenvalue weighted by Gasteiger charge is -2.34. The van der Waals surface area contributed by atoms with E-state index in [-0.39, 0.29) is 23.9 Å². The average Bonchev–Trinajstić information content (AvgIpc) is 3.09. The van der Waals surface area contributed by atoms with Crippen molar-refractivity contribution in [3.8, 4) is 11.4 Å². The quantitative estimate of drug-likeness (QED) is 0.796. The maximum atomic E-state index is 12.2. The Morgan fingerprint density at radius 2 is 1.93 bits per heavy atom. The minimum Gasteiger partial charge on any atom is -0.391 e. The molecule has 2 N–H and O–H groups in total. The van der Waals surface area contributed by atoms with E-state index in [1.165, 1.54) is 0 Å². The van der Waals surface area contributed by atoms with Crippen LogP contribution in [0.4, 0.5) is 0 Å². The van der Waals surface area contributed by atoms with E-state index in [2.05, 4.69) is 19.2 Å². The van der Waals surface area contributed by atoms with Gasteiger partial charge in [-0.3, -0.25) is 4.79 Å². The average molecular weight is 385 g/mol. The molecule has 0 unspecified atom stereocenters. The second-order valence-corrected chi connectivity index (χ2v) is 8.55. The van der Waals surface area contributed by atoms with Crippen LogP contribution in [-0.2, 0) is 4.79 Å². The molecule has 1 heterocycles. The molecular weight excluding hydrogens is 352 g/mol. The van der Waals surface area contributed by atoms with E-state index in [0.717, 1.165) is 23.6 Å². The Morgan fingerprint density at radius 3 is 2.57 bits per heavy atom. The molecule has 152 valence electrons. The fraction of sp³-hybridized carbons (Fsp3) is 0.591. The van der Waals surface area contributed by atoms with Gasteiger partial charge < -0.3 is 10.4 Å². The van der Waals surface area contributed by atoms with Crippen LogP contribution >= 0.6 is 0 Å². The third-order valence-electron chi connectivity index (χ3n) is 5.30. The Bertz CT molecular complexity index is 785. The van der Waals surface area contributed by atoms with Crippen molar-refractivity contribution in [1.82, 2.24) is 20.1 Å². The van der Waals surface area contributed by atoms with Gasteiger partial charge in [-0.25, -0.2) is 9.67 Å². The van der Waals surface area contributed by atoms with Gasteiger partial charge in [0.1, 0.15) is 5.82 Å². The maximum absolute atomic E-state index is 12.2. The van der Waals surface area contributed by atoms with Crippen LogP contribution in [0.1, 0.15) is 71.2 Å². The molecule has 3 rings (SSSR count). The van der Waals surface area contributed by atoms with Gasteiger partial charge in [0.15, 0.2) is 5.82 Å².